The lowest BCUT2D eigenvalue weighted by molar-refractivity contribution is 0.0686. The summed E-state index contributed by atoms with van der Waals surface area (Å²) in [6.07, 6.45) is 0. The van der Waals surface area contributed by atoms with Gasteiger partial charge in [0.1, 0.15) is 12.4 Å². The zero-order valence-electron chi connectivity index (χ0n) is 9.78. The number of hydrogen-bond acceptors (Lipinski definition) is 3. The summed E-state index contributed by atoms with van der Waals surface area (Å²) in [4.78, 5) is 11.1. The zero-order chi connectivity index (χ0) is 13.7. The van der Waals surface area contributed by atoms with Crippen molar-refractivity contribution in [2.45, 2.75) is 6.61 Å². The number of aromatic nitrogens is 2. The Morgan fingerprint density at radius 2 is 2.11 bits per heavy atom. The minimum Gasteiger partial charge on any atom is -0.488 e. The van der Waals surface area contributed by atoms with E-state index in [9.17, 15) is 13.6 Å². The van der Waals surface area contributed by atoms with Crippen molar-refractivity contribution in [3.8, 4) is 17.0 Å². The van der Waals surface area contributed by atoms with Gasteiger partial charge in [0, 0.05) is 18.7 Å². The van der Waals surface area contributed by atoms with E-state index in [1.165, 1.54) is 4.68 Å². The first kappa shape index (κ1) is 11.6. The number of ether oxygens (including phenoxy) is 1. The van der Waals surface area contributed by atoms with Gasteiger partial charge in [-0.05, 0) is 6.07 Å². The number of benzene rings is 1. The van der Waals surface area contributed by atoms with Crippen molar-refractivity contribution < 1.29 is 23.4 Å². The van der Waals surface area contributed by atoms with Gasteiger partial charge < -0.3 is 9.84 Å². The second kappa shape index (κ2) is 3.78. The molecule has 0 atom stereocenters. The molecule has 5 nitrogen and oxygen atoms in total. The number of carboxylic acid groups (broad SMARTS) is 1. The van der Waals surface area contributed by atoms with Crippen LogP contribution >= 0.6 is 0 Å². The van der Waals surface area contributed by atoms with Gasteiger partial charge >= 0.3 is 5.97 Å². The van der Waals surface area contributed by atoms with Crippen molar-refractivity contribution in [2.24, 2.45) is 7.05 Å². The molecule has 3 rings (SSSR count). The molecule has 0 aliphatic carbocycles. The number of aromatic carboxylic acids is 1. The average molecular weight is 266 g/mol. The van der Waals surface area contributed by atoms with E-state index in [0.717, 1.165) is 12.1 Å². The van der Waals surface area contributed by atoms with Gasteiger partial charge in [0.2, 0.25) is 0 Å². The van der Waals surface area contributed by atoms with Crippen LogP contribution in [-0.4, -0.2) is 20.9 Å². The molecule has 0 radical (unpaired) electrons. The molecular formula is C12H8F2N2O3. The van der Waals surface area contributed by atoms with Crippen LogP contribution in [0, 0.1) is 11.6 Å². The Labute approximate surface area is 106 Å². The molecule has 1 aliphatic rings. The van der Waals surface area contributed by atoms with E-state index in [1.54, 1.807) is 7.05 Å². The fraction of sp³-hybridized carbons (Fsp3) is 0.167. The number of aryl methyl sites for hydroxylation is 1. The molecule has 1 aromatic heterocycles. The summed E-state index contributed by atoms with van der Waals surface area (Å²) in [7, 11) is 1.54. The Morgan fingerprint density at radius 1 is 1.42 bits per heavy atom. The average Bonchev–Trinajstić information content (AvgIpc) is 2.69. The monoisotopic (exact) mass is 266 g/mol. The maximum atomic E-state index is 13.3. The molecule has 2 aromatic rings. The number of carboxylic acids is 1. The van der Waals surface area contributed by atoms with E-state index in [2.05, 4.69) is 5.10 Å². The van der Waals surface area contributed by atoms with Gasteiger partial charge in [-0.25, -0.2) is 13.6 Å². The molecule has 1 aromatic carbocycles. The van der Waals surface area contributed by atoms with Crippen molar-refractivity contribution in [3.05, 3.63) is 35.0 Å². The van der Waals surface area contributed by atoms with Crippen LogP contribution in [0.15, 0.2) is 12.1 Å². The van der Waals surface area contributed by atoms with Crippen LogP contribution in [0.4, 0.5) is 8.78 Å². The summed E-state index contributed by atoms with van der Waals surface area (Å²) in [5.41, 5.74) is 0.932. The minimum absolute atomic E-state index is 0.0388. The standard InChI is InChI=1S/C12H8F2N2O3/c1-16-11-5-2-7(13)8(14)3-9(5)19-4-6(11)10(15-16)12(17)18/h2-3H,4H2,1H3,(H,17,18). The predicted molar refractivity (Wildman–Crippen MR) is 59.9 cm³/mol. The van der Waals surface area contributed by atoms with E-state index in [0.29, 0.717) is 16.8 Å². The number of hydrogen-bond donors (Lipinski definition) is 1. The second-order valence-electron chi connectivity index (χ2n) is 4.16. The molecular weight excluding hydrogens is 258 g/mol. The Bertz CT molecular complexity index is 709. The molecule has 2 heterocycles. The first-order valence-corrected chi connectivity index (χ1v) is 5.40. The van der Waals surface area contributed by atoms with Gasteiger partial charge in [0.25, 0.3) is 0 Å². The fourth-order valence-electron chi connectivity index (χ4n) is 2.20. The first-order chi connectivity index (χ1) is 8.99. The SMILES string of the molecule is Cn1nc(C(=O)O)c2c1-c1cc(F)c(F)cc1OC2. The highest BCUT2D eigenvalue weighted by atomic mass is 19.2. The van der Waals surface area contributed by atoms with E-state index in [4.69, 9.17) is 9.84 Å². The Balaban J connectivity index is 2.30. The highest BCUT2D eigenvalue weighted by Crippen LogP contribution is 2.39. The molecule has 0 amide bonds. The van der Waals surface area contributed by atoms with Crippen LogP contribution in [0.3, 0.4) is 0 Å². The third-order valence-corrected chi connectivity index (χ3v) is 3.00. The maximum Gasteiger partial charge on any atom is 0.356 e. The maximum absolute atomic E-state index is 13.3. The van der Waals surface area contributed by atoms with Crippen LogP contribution in [0.25, 0.3) is 11.3 Å². The number of fused-ring (bicyclic) bond motifs is 3. The fourth-order valence-corrected chi connectivity index (χ4v) is 2.20. The molecule has 0 unspecified atom stereocenters. The van der Waals surface area contributed by atoms with Crippen LogP contribution in [0.2, 0.25) is 0 Å². The Hall–Kier alpha value is -2.44. The summed E-state index contributed by atoms with van der Waals surface area (Å²) < 4.78 is 33.1. The van der Waals surface area contributed by atoms with E-state index < -0.39 is 17.6 Å². The third-order valence-electron chi connectivity index (χ3n) is 3.00. The van der Waals surface area contributed by atoms with Gasteiger partial charge in [0.15, 0.2) is 17.3 Å². The van der Waals surface area contributed by atoms with Gasteiger partial charge in [-0.3, -0.25) is 4.68 Å². The molecule has 0 saturated heterocycles. The van der Waals surface area contributed by atoms with Crippen LogP contribution in [0.5, 0.6) is 5.75 Å². The lowest BCUT2D eigenvalue weighted by Gasteiger charge is -2.18. The predicted octanol–water partition coefficient (Wildman–Crippen LogP) is 1.96. The quantitative estimate of drug-likeness (QED) is 0.856. The molecule has 0 spiro atoms. The van der Waals surface area contributed by atoms with Gasteiger partial charge in [0.05, 0.1) is 11.3 Å². The van der Waals surface area contributed by atoms with Crippen LogP contribution < -0.4 is 4.74 Å². The van der Waals surface area contributed by atoms with Gasteiger partial charge in [-0.1, -0.05) is 0 Å². The Morgan fingerprint density at radius 3 is 2.79 bits per heavy atom. The lowest BCUT2D eigenvalue weighted by atomic mass is 10.0. The number of nitrogens with zero attached hydrogens (tertiary/aromatic N) is 2. The van der Waals surface area contributed by atoms with E-state index in [1.807, 2.05) is 0 Å². The number of halogens is 2. The normalized spacial score (nSPS) is 12.6. The summed E-state index contributed by atoms with van der Waals surface area (Å²) >= 11 is 0. The largest absolute Gasteiger partial charge is 0.488 e. The van der Waals surface area contributed by atoms with Crippen molar-refractivity contribution in [1.29, 1.82) is 0 Å². The van der Waals surface area contributed by atoms with Crippen molar-refractivity contribution in [2.75, 3.05) is 0 Å². The summed E-state index contributed by atoms with van der Waals surface area (Å²) in [5, 5.41) is 12.9. The molecule has 7 heteroatoms. The third kappa shape index (κ3) is 1.58. The number of carbonyl (C=O) groups is 1. The van der Waals surface area contributed by atoms with E-state index in [-0.39, 0.29) is 18.1 Å². The van der Waals surface area contributed by atoms with Crippen molar-refractivity contribution >= 4 is 5.97 Å². The van der Waals surface area contributed by atoms with Crippen molar-refractivity contribution in [1.82, 2.24) is 9.78 Å². The van der Waals surface area contributed by atoms with Crippen molar-refractivity contribution in [3.63, 3.8) is 0 Å². The van der Waals surface area contributed by atoms with Gasteiger partial charge in [-0.2, -0.15) is 5.10 Å². The first-order valence-electron chi connectivity index (χ1n) is 5.40. The minimum atomic E-state index is -1.19. The summed E-state index contributed by atoms with van der Waals surface area (Å²) in [6, 6.07) is 1.93. The van der Waals surface area contributed by atoms with Crippen LogP contribution in [0.1, 0.15) is 16.1 Å². The topological polar surface area (TPSA) is 64.4 Å². The summed E-state index contributed by atoms with van der Waals surface area (Å²) in [6.45, 7) is -0.0388. The zero-order valence-corrected chi connectivity index (χ0v) is 9.78. The molecule has 19 heavy (non-hydrogen) atoms. The highest BCUT2D eigenvalue weighted by molar-refractivity contribution is 5.90. The molecule has 1 aliphatic heterocycles. The van der Waals surface area contributed by atoms with Gasteiger partial charge in [-0.15, -0.1) is 0 Å². The Kier molecular flexibility index (Phi) is 2.31. The van der Waals surface area contributed by atoms with E-state index >= 15 is 0 Å². The molecule has 0 fully saturated rings. The molecule has 1 N–H and O–H groups in total. The molecule has 0 bridgehead atoms. The smallest absolute Gasteiger partial charge is 0.356 e. The molecule has 98 valence electrons. The summed E-state index contributed by atoms with van der Waals surface area (Å²) in [5.74, 6) is -3.05. The molecule has 0 saturated carbocycles. The second-order valence-corrected chi connectivity index (χ2v) is 4.16. The number of rotatable bonds is 1. The lowest BCUT2D eigenvalue weighted by Crippen LogP contribution is -2.10. The van der Waals surface area contributed by atoms with Crippen LogP contribution in [-0.2, 0) is 13.7 Å². The highest BCUT2D eigenvalue weighted by Gasteiger charge is 2.29.